The highest BCUT2D eigenvalue weighted by Crippen LogP contribution is 2.26. The van der Waals surface area contributed by atoms with Gasteiger partial charge in [-0.2, -0.15) is 0 Å². The first-order valence-electron chi connectivity index (χ1n) is 6.54. The third-order valence-corrected chi connectivity index (χ3v) is 3.22. The highest BCUT2D eigenvalue weighted by Gasteiger charge is 2.11. The van der Waals surface area contributed by atoms with E-state index in [2.05, 4.69) is 15.3 Å². The number of carbonyl (C=O) groups is 1. The zero-order valence-electron chi connectivity index (χ0n) is 11.6. The molecule has 3 aromatic rings. The molecule has 0 amide bonds. The van der Waals surface area contributed by atoms with Gasteiger partial charge in [0.1, 0.15) is 12.1 Å². The summed E-state index contributed by atoms with van der Waals surface area (Å²) in [4.78, 5) is 29.4. The number of nitrogens with zero attached hydrogens (tertiary/aromatic N) is 3. The summed E-state index contributed by atoms with van der Waals surface area (Å²) in [7, 11) is 0. The van der Waals surface area contributed by atoms with Gasteiger partial charge in [0.15, 0.2) is 0 Å². The Kier molecular flexibility index (Phi) is 3.55. The van der Waals surface area contributed by atoms with Gasteiger partial charge in [-0.3, -0.25) is 10.1 Å². The minimum Gasteiger partial charge on any atom is -0.478 e. The van der Waals surface area contributed by atoms with Crippen molar-refractivity contribution in [3.63, 3.8) is 0 Å². The number of nitro groups is 1. The second-order valence-corrected chi connectivity index (χ2v) is 4.69. The quantitative estimate of drug-likeness (QED) is 0.561. The van der Waals surface area contributed by atoms with Crippen LogP contribution in [0, 0.1) is 10.1 Å². The largest absolute Gasteiger partial charge is 0.478 e. The minimum atomic E-state index is -1.01. The fourth-order valence-corrected chi connectivity index (χ4v) is 2.09. The third kappa shape index (κ3) is 2.91. The van der Waals surface area contributed by atoms with Crippen LogP contribution in [0.15, 0.2) is 48.8 Å². The van der Waals surface area contributed by atoms with E-state index in [1.807, 2.05) is 0 Å². The molecule has 0 fully saturated rings. The van der Waals surface area contributed by atoms with Crippen LogP contribution < -0.4 is 5.32 Å². The van der Waals surface area contributed by atoms with Gasteiger partial charge in [-0.15, -0.1) is 0 Å². The van der Waals surface area contributed by atoms with Gasteiger partial charge in [0.2, 0.25) is 0 Å². The van der Waals surface area contributed by atoms with Gasteiger partial charge in [-0.25, -0.2) is 14.8 Å². The van der Waals surface area contributed by atoms with E-state index >= 15 is 0 Å². The zero-order valence-corrected chi connectivity index (χ0v) is 11.6. The first-order valence-corrected chi connectivity index (χ1v) is 6.54. The molecule has 0 aliphatic rings. The van der Waals surface area contributed by atoms with E-state index in [-0.39, 0.29) is 11.3 Å². The average molecular weight is 310 g/mol. The molecule has 0 saturated carbocycles. The molecule has 0 unspecified atom stereocenters. The number of nitrogens with one attached hydrogen (secondary N) is 1. The average Bonchev–Trinajstić information content (AvgIpc) is 2.55. The number of carboxylic acid groups (broad SMARTS) is 1. The van der Waals surface area contributed by atoms with Crippen molar-refractivity contribution in [1.82, 2.24) is 9.97 Å². The molecule has 1 heterocycles. The molecule has 0 spiro atoms. The molecular weight excluding hydrogens is 300 g/mol. The number of hydrogen-bond acceptors (Lipinski definition) is 6. The second kappa shape index (κ2) is 5.68. The summed E-state index contributed by atoms with van der Waals surface area (Å²) in [5.41, 5.74) is 1.28. The summed E-state index contributed by atoms with van der Waals surface area (Å²) in [5, 5.41) is 23.3. The molecule has 0 aliphatic carbocycles. The van der Waals surface area contributed by atoms with E-state index in [4.69, 9.17) is 5.11 Å². The molecule has 0 bridgehead atoms. The minimum absolute atomic E-state index is 0.0587. The van der Waals surface area contributed by atoms with Crippen molar-refractivity contribution in [2.45, 2.75) is 0 Å². The number of non-ortho nitro benzene ring substituents is 1. The van der Waals surface area contributed by atoms with Gasteiger partial charge < -0.3 is 10.4 Å². The number of hydrogen-bond donors (Lipinski definition) is 2. The van der Waals surface area contributed by atoms with Crippen LogP contribution in [0.1, 0.15) is 10.4 Å². The lowest BCUT2D eigenvalue weighted by molar-refractivity contribution is -0.384. The first-order chi connectivity index (χ1) is 11.0. The Bertz CT molecular complexity index is 909. The second-order valence-electron chi connectivity index (χ2n) is 4.69. The fourth-order valence-electron chi connectivity index (χ4n) is 2.09. The summed E-state index contributed by atoms with van der Waals surface area (Å²) in [6.45, 7) is 0. The summed E-state index contributed by atoms with van der Waals surface area (Å²) >= 11 is 0. The molecule has 2 aromatic carbocycles. The van der Waals surface area contributed by atoms with Crippen LogP contribution in [-0.2, 0) is 0 Å². The van der Waals surface area contributed by atoms with Crippen LogP contribution in [-0.4, -0.2) is 26.0 Å². The van der Waals surface area contributed by atoms with E-state index in [0.717, 1.165) is 0 Å². The molecule has 8 nitrogen and oxygen atoms in total. The summed E-state index contributed by atoms with van der Waals surface area (Å²) < 4.78 is 0. The number of rotatable bonds is 4. The van der Waals surface area contributed by atoms with Gasteiger partial charge in [0.05, 0.1) is 16.0 Å². The molecular formula is C15H10N4O4. The number of anilines is 2. The smallest absolute Gasteiger partial charge is 0.335 e. The molecule has 8 heteroatoms. The lowest BCUT2D eigenvalue weighted by Crippen LogP contribution is -1.99. The van der Waals surface area contributed by atoms with Crippen molar-refractivity contribution < 1.29 is 14.8 Å². The standard InChI is InChI=1S/C15H10N4O4/c20-15(21)9-1-3-10(4-2-9)18-14-12-7-11(19(22)23)5-6-13(12)16-8-17-14/h1-8H,(H,20,21)(H,16,17,18). The highest BCUT2D eigenvalue weighted by molar-refractivity contribution is 5.92. The third-order valence-electron chi connectivity index (χ3n) is 3.22. The SMILES string of the molecule is O=C(O)c1ccc(Nc2ncnc3ccc([N+](=O)[O-])cc23)cc1. The Morgan fingerprint density at radius 1 is 1.13 bits per heavy atom. The summed E-state index contributed by atoms with van der Waals surface area (Å²) in [6, 6.07) is 10.4. The normalized spacial score (nSPS) is 10.4. The molecule has 0 aliphatic heterocycles. The molecule has 0 saturated heterocycles. The zero-order chi connectivity index (χ0) is 16.4. The van der Waals surface area contributed by atoms with Gasteiger partial charge in [-0.1, -0.05) is 0 Å². The van der Waals surface area contributed by atoms with Crippen LogP contribution in [0.4, 0.5) is 17.2 Å². The van der Waals surface area contributed by atoms with Crippen molar-refractivity contribution in [1.29, 1.82) is 0 Å². The molecule has 23 heavy (non-hydrogen) atoms. The predicted octanol–water partition coefficient (Wildman–Crippen LogP) is 2.98. The molecule has 0 radical (unpaired) electrons. The fraction of sp³-hybridized carbons (Fsp3) is 0. The highest BCUT2D eigenvalue weighted by atomic mass is 16.6. The van der Waals surface area contributed by atoms with Crippen molar-refractivity contribution in [2.75, 3.05) is 5.32 Å². The molecule has 3 rings (SSSR count). The summed E-state index contributed by atoms with van der Waals surface area (Å²) in [5.74, 6) is -0.610. The monoisotopic (exact) mass is 310 g/mol. The first kappa shape index (κ1) is 14.4. The predicted molar refractivity (Wildman–Crippen MR) is 82.9 cm³/mol. The van der Waals surface area contributed by atoms with E-state index < -0.39 is 10.9 Å². The number of aromatic carboxylic acids is 1. The number of nitro benzene ring substituents is 1. The van der Waals surface area contributed by atoms with E-state index in [0.29, 0.717) is 22.4 Å². The Hall–Kier alpha value is -3.55. The van der Waals surface area contributed by atoms with Gasteiger partial charge in [0, 0.05) is 23.2 Å². The lowest BCUT2D eigenvalue weighted by atomic mass is 10.2. The van der Waals surface area contributed by atoms with Crippen molar-refractivity contribution in [3.8, 4) is 0 Å². The summed E-state index contributed by atoms with van der Waals surface area (Å²) in [6.07, 6.45) is 1.35. The Morgan fingerprint density at radius 3 is 2.52 bits per heavy atom. The van der Waals surface area contributed by atoms with Crippen LogP contribution in [0.2, 0.25) is 0 Å². The van der Waals surface area contributed by atoms with Crippen LogP contribution >= 0.6 is 0 Å². The maximum atomic E-state index is 10.9. The van der Waals surface area contributed by atoms with Crippen LogP contribution in [0.5, 0.6) is 0 Å². The van der Waals surface area contributed by atoms with Gasteiger partial charge in [-0.05, 0) is 30.3 Å². The van der Waals surface area contributed by atoms with Crippen LogP contribution in [0.25, 0.3) is 10.9 Å². The van der Waals surface area contributed by atoms with E-state index in [1.54, 1.807) is 18.2 Å². The van der Waals surface area contributed by atoms with E-state index in [1.165, 1.54) is 30.6 Å². The Balaban J connectivity index is 2.00. The number of benzene rings is 2. The maximum Gasteiger partial charge on any atom is 0.335 e. The molecule has 1 aromatic heterocycles. The van der Waals surface area contributed by atoms with Gasteiger partial charge in [0.25, 0.3) is 5.69 Å². The van der Waals surface area contributed by atoms with Crippen molar-refractivity contribution in [3.05, 3.63) is 64.5 Å². The molecule has 114 valence electrons. The van der Waals surface area contributed by atoms with Gasteiger partial charge >= 0.3 is 5.97 Å². The number of aromatic nitrogens is 2. The molecule has 0 atom stereocenters. The van der Waals surface area contributed by atoms with Crippen molar-refractivity contribution >= 4 is 34.1 Å². The van der Waals surface area contributed by atoms with Crippen molar-refractivity contribution in [2.24, 2.45) is 0 Å². The Labute approximate surface area is 129 Å². The van der Waals surface area contributed by atoms with Crippen LogP contribution in [0.3, 0.4) is 0 Å². The molecule has 2 N–H and O–H groups in total. The Morgan fingerprint density at radius 2 is 1.87 bits per heavy atom. The van der Waals surface area contributed by atoms with E-state index in [9.17, 15) is 14.9 Å². The number of carboxylic acids is 1. The number of fused-ring (bicyclic) bond motifs is 1. The lowest BCUT2D eigenvalue weighted by Gasteiger charge is -2.08. The maximum absolute atomic E-state index is 10.9. The topological polar surface area (TPSA) is 118 Å².